The summed E-state index contributed by atoms with van der Waals surface area (Å²) in [5.74, 6) is 6.19. The van der Waals surface area contributed by atoms with Gasteiger partial charge in [0.15, 0.2) is 0 Å². The van der Waals surface area contributed by atoms with Gasteiger partial charge in [0.05, 0.1) is 12.1 Å². The molecule has 0 aliphatic heterocycles. The van der Waals surface area contributed by atoms with Gasteiger partial charge in [-0.2, -0.15) is 0 Å². The van der Waals surface area contributed by atoms with Gasteiger partial charge >= 0.3 is 0 Å². The van der Waals surface area contributed by atoms with Crippen molar-refractivity contribution < 1.29 is 5.11 Å². The Morgan fingerprint density at radius 2 is 2.17 bits per heavy atom. The Bertz CT molecular complexity index is 529. The summed E-state index contributed by atoms with van der Waals surface area (Å²) in [6.07, 6.45) is 0. The van der Waals surface area contributed by atoms with Crippen LogP contribution in [0.4, 0.5) is 5.82 Å². The molecule has 1 heterocycles. The standard InChI is InChI=1S/C13H18N4O/c1-17(6-7-18)9-11-8-10-4-2-3-5-12(10)15-13(11)16-14/h2-5,8,18H,6-7,9,14H2,1H3,(H,15,16). The van der Waals surface area contributed by atoms with Crippen molar-refractivity contribution in [2.24, 2.45) is 5.84 Å². The predicted octanol–water partition coefficient (Wildman–Crippen LogP) is 0.944. The van der Waals surface area contributed by atoms with Gasteiger partial charge in [0.2, 0.25) is 0 Å². The van der Waals surface area contributed by atoms with Gasteiger partial charge in [-0.3, -0.25) is 4.90 Å². The quantitative estimate of drug-likeness (QED) is 0.541. The minimum atomic E-state index is 0.142. The van der Waals surface area contributed by atoms with Crippen molar-refractivity contribution in [2.75, 3.05) is 25.6 Å². The number of hydrazine groups is 1. The summed E-state index contributed by atoms with van der Waals surface area (Å²) in [4.78, 5) is 6.50. The molecule has 0 saturated heterocycles. The number of likely N-dealkylation sites (N-methyl/N-ethyl adjacent to an activating group) is 1. The van der Waals surface area contributed by atoms with Crippen LogP contribution >= 0.6 is 0 Å². The van der Waals surface area contributed by atoms with Crippen LogP contribution in [-0.4, -0.2) is 35.2 Å². The molecular weight excluding hydrogens is 228 g/mol. The molecule has 4 N–H and O–H groups in total. The van der Waals surface area contributed by atoms with Crippen LogP contribution in [0, 0.1) is 0 Å². The number of rotatable bonds is 5. The highest BCUT2D eigenvalue weighted by Gasteiger charge is 2.08. The maximum absolute atomic E-state index is 8.92. The Balaban J connectivity index is 2.35. The van der Waals surface area contributed by atoms with Gasteiger partial charge in [-0.1, -0.05) is 18.2 Å². The van der Waals surface area contributed by atoms with E-state index in [-0.39, 0.29) is 6.61 Å². The molecule has 0 atom stereocenters. The van der Waals surface area contributed by atoms with Crippen LogP contribution in [0.1, 0.15) is 5.56 Å². The van der Waals surface area contributed by atoms with E-state index in [2.05, 4.69) is 16.5 Å². The average Bonchev–Trinajstić information content (AvgIpc) is 2.38. The molecule has 0 unspecified atom stereocenters. The molecule has 96 valence electrons. The molecule has 0 aliphatic carbocycles. The first-order valence-electron chi connectivity index (χ1n) is 5.89. The highest BCUT2D eigenvalue weighted by molar-refractivity contribution is 5.81. The molecule has 0 spiro atoms. The number of aliphatic hydroxyl groups is 1. The van der Waals surface area contributed by atoms with Gasteiger partial charge in [-0.05, 0) is 19.2 Å². The second-order valence-electron chi connectivity index (χ2n) is 4.29. The van der Waals surface area contributed by atoms with E-state index in [9.17, 15) is 0 Å². The van der Waals surface area contributed by atoms with Gasteiger partial charge < -0.3 is 10.5 Å². The lowest BCUT2D eigenvalue weighted by Gasteiger charge is -2.17. The van der Waals surface area contributed by atoms with Crippen molar-refractivity contribution in [3.63, 3.8) is 0 Å². The van der Waals surface area contributed by atoms with Crippen molar-refractivity contribution in [1.29, 1.82) is 0 Å². The van der Waals surface area contributed by atoms with Gasteiger partial charge in [0.1, 0.15) is 5.82 Å². The Kier molecular flexibility index (Phi) is 4.09. The highest BCUT2D eigenvalue weighted by atomic mass is 16.3. The molecule has 0 radical (unpaired) electrons. The third kappa shape index (κ3) is 2.76. The second kappa shape index (κ2) is 5.77. The van der Waals surface area contributed by atoms with Crippen molar-refractivity contribution in [3.8, 4) is 0 Å². The Morgan fingerprint density at radius 3 is 2.89 bits per heavy atom. The predicted molar refractivity (Wildman–Crippen MR) is 73.0 cm³/mol. The summed E-state index contributed by atoms with van der Waals surface area (Å²) in [5.41, 5.74) is 4.57. The van der Waals surface area contributed by atoms with E-state index in [0.29, 0.717) is 18.9 Å². The van der Waals surface area contributed by atoms with Crippen LogP contribution < -0.4 is 11.3 Å². The summed E-state index contributed by atoms with van der Waals surface area (Å²) in [7, 11) is 1.95. The number of nitrogens with one attached hydrogen (secondary N) is 1. The zero-order valence-corrected chi connectivity index (χ0v) is 10.4. The zero-order valence-electron chi connectivity index (χ0n) is 10.4. The van der Waals surface area contributed by atoms with Crippen LogP contribution in [0.3, 0.4) is 0 Å². The fourth-order valence-corrected chi connectivity index (χ4v) is 1.95. The fraction of sp³-hybridized carbons (Fsp3) is 0.308. The number of pyridine rings is 1. The Hall–Kier alpha value is -1.69. The van der Waals surface area contributed by atoms with E-state index in [1.807, 2.05) is 36.2 Å². The molecule has 1 aromatic heterocycles. The molecule has 0 bridgehead atoms. The third-order valence-corrected chi connectivity index (χ3v) is 2.86. The summed E-state index contributed by atoms with van der Waals surface area (Å²) in [5, 5.41) is 10.0. The number of anilines is 1. The molecule has 5 nitrogen and oxygen atoms in total. The molecule has 2 rings (SSSR count). The van der Waals surface area contributed by atoms with Gasteiger partial charge in [-0.25, -0.2) is 10.8 Å². The lowest BCUT2D eigenvalue weighted by atomic mass is 10.1. The molecule has 0 aliphatic rings. The van der Waals surface area contributed by atoms with Crippen molar-refractivity contribution in [1.82, 2.24) is 9.88 Å². The van der Waals surface area contributed by atoms with E-state index >= 15 is 0 Å². The normalized spacial score (nSPS) is 11.1. The van der Waals surface area contributed by atoms with E-state index in [1.54, 1.807) is 0 Å². The maximum Gasteiger partial charge on any atom is 0.145 e. The molecule has 5 heteroatoms. The highest BCUT2D eigenvalue weighted by Crippen LogP contribution is 2.20. The van der Waals surface area contributed by atoms with Crippen LogP contribution in [0.2, 0.25) is 0 Å². The number of nitrogens with two attached hydrogens (primary N) is 1. The smallest absolute Gasteiger partial charge is 0.145 e. The number of hydrogen-bond donors (Lipinski definition) is 3. The average molecular weight is 246 g/mol. The minimum Gasteiger partial charge on any atom is -0.395 e. The molecule has 1 aromatic carbocycles. The number of aliphatic hydroxyl groups excluding tert-OH is 1. The minimum absolute atomic E-state index is 0.142. The van der Waals surface area contributed by atoms with Gasteiger partial charge in [0, 0.05) is 24.0 Å². The van der Waals surface area contributed by atoms with Crippen LogP contribution in [0.15, 0.2) is 30.3 Å². The molecule has 0 saturated carbocycles. The molecule has 0 fully saturated rings. The largest absolute Gasteiger partial charge is 0.395 e. The first kappa shape index (κ1) is 12.8. The number of hydrogen-bond acceptors (Lipinski definition) is 5. The fourth-order valence-electron chi connectivity index (χ4n) is 1.95. The summed E-state index contributed by atoms with van der Waals surface area (Å²) in [6, 6.07) is 9.99. The van der Waals surface area contributed by atoms with E-state index < -0.39 is 0 Å². The summed E-state index contributed by atoms with van der Waals surface area (Å²) < 4.78 is 0. The van der Waals surface area contributed by atoms with Gasteiger partial charge in [-0.15, -0.1) is 0 Å². The third-order valence-electron chi connectivity index (χ3n) is 2.86. The number of nitrogen functional groups attached to an aromatic ring is 1. The van der Waals surface area contributed by atoms with E-state index in [0.717, 1.165) is 16.5 Å². The molecule has 2 aromatic rings. The lowest BCUT2D eigenvalue weighted by molar-refractivity contribution is 0.217. The van der Waals surface area contributed by atoms with Crippen LogP contribution in [0.25, 0.3) is 10.9 Å². The lowest BCUT2D eigenvalue weighted by Crippen LogP contribution is -2.23. The summed E-state index contributed by atoms with van der Waals surface area (Å²) in [6.45, 7) is 1.46. The zero-order chi connectivity index (χ0) is 13.0. The molecular formula is C13H18N4O. The SMILES string of the molecule is CN(CCO)Cc1cc2ccccc2nc1NN. The summed E-state index contributed by atoms with van der Waals surface area (Å²) >= 11 is 0. The van der Waals surface area contributed by atoms with Crippen molar-refractivity contribution in [3.05, 3.63) is 35.9 Å². The number of nitrogens with zero attached hydrogens (tertiary/aromatic N) is 2. The van der Waals surface area contributed by atoms with Crippen molar-refractivity contribution in [2.45, 2.75) is 6.54 Å². The van der Waals surface area contributed by atoms with E-state index in [4.69, 9.17) is 10.9 Å². The van der Waals surface area contributed by atoms with E-state index in [1.165, 1.54) is 0 Å². The van der Waals surface area contributed by atoms with Gasteiger partial charge in [0.25, 0.3) is 0 Å². The number of fused-ring (bicyclic) bond motifs is 1. The first-order valence-corrected chi connectivity index (χ1v) is 5.89. The Labute approximate surface area is 106 Å². The monoisotopic (exact) mass is 246 g/mol. The maximum atomic E-state index is 8.92. The molecule has 18 heavy (non-hydrogen) atoms. The van der Waals surface area contributed by atoms with Crippen LogP contribution in [0.5, 0.6) is 0 Å². The molecule has 0 amide bonds. The van der Waals surface area contributed by atoms with Crippen molar-refractivity contribution >= 4 is 16.7 Å². The second-order valence-corrected chi connectivity index (χ2v) is 4.29. The topological polar surface area (TPSA) is 74.4 Å². The number of para-hydroxylation sites is 1. The number of benzene rings is 1. The Morgan fingerprint density at radius 1 is 1.39 bits per heavy atom. The first-order chi connectivity index (χ1) is 8.74. The number of aromatic nitrogens is 1. The van der Waals surface area contributed by atoms with Crippen LogP contribution in [-0.2, 0) is 6.54 Å².